The third kappa shape index (κ3) is 6.27. The SMILES string of the molecule is CCS(=O)(=O)CCS(=O)(=O)O. The summed E-state index contributed by atoms with van der Waals surface area (Å²) in [4.78, 5) is 0. The quantitative estimate of drug-likeness (QED) is 0.609. The van der Waals surface area contributed by atoms with Gasteiger partial charge < -0.3 is 0 Å². The predicted octanol–water partition coefficient (Wildman–Crippen LogP) is -0.691. The maximum absolute atomic E-state index is 10.7. The molecule has 0 unspecified atom stereocenters. The van der Waals surface area contributed by atoms with Gasteiger partial charge >= 0.3 is 0 Å². The average molecular weight is 202 g/mol. The van der Waals surface area contributed by atoms with Crippen LogP contribution in [-0.2, 0) is 20.0 Å². The van der Waals surface area contributed by atoms with Crippen molar-refractivity contribution in [2.75, 3.05) is 17.3 Å². The Morgan fingerprint density at radius 1 is 1.09 bits per heavy atom. The lowest BCUT2D eigenvalue weighted by molar-refractivity contribution is 0.484. The Kier molecular flexibility index (Phi) is 3.46. The molecule has 0 atom stereocenters. The van der Waals surface area contributed by atoms with E-state index < -0.39 is 31.5 Å². The third-order valence-electron chi connectivity index (χ3n) is 1.09. The highest BCUT2D eigenvalue weighted by Crippen LogP contribution is 1.91. The first-order valence-electron chi connectivity index (χ1n) is 2.92. The topological polar surface area (TPSA) is 88.5 Å². The highest BCUT2D eigenvalue weighted by atomic mass is 32.2. The van der Waals surface area contributed by atoms with Gasteiger partial charge in [-0.15, -0.1) is 0 Å². The summed E-state index contributed by atoms with van der Waals surface area (Å²) in [5.41, 5.74) is 0. The molecule has 68 valence electrons. The van der Waals surface area contributed by atoms with Crippen molar-refractivity contribution in [1.82, 2.24) is 0 Å². The van der Waals surface area contributed by atoms with E-state index >= 15 is 0 Å². The maximum Gasteiger partial charge on any atom is 0.265 e. The molecule has 11 heavy (non-hydrogen) atoms. The van der Waals surface area contributed by atoms with Gasteiger partial charge in [-0.25, -0.2) is 8.42 Å². The second-order valence-corrected chi connectivity index (χ2v) is 6.07. The number of hydrogen-bond acceptors (Lipinski definition) is 4. The molecular weight excluding hydrogens is 192 g/mol. The van der Waals surface area contributed by atoms with Gasteiger partial charge in [0.2, 0.25) is 0 Å². The Labute approximate surface area is 66.1 Å². The van der Waals surface area contributed by atoms with E-state index in [1.165, 1.54) is 6.92 Å². The van der Waals surface area contributed by atoms with E-state index in [1.807, 2.05) is 0 Å². The highest BCUT2D eigenvalue weighted by molar-refractivity contribution is 7.93. The smallest absolute Gasteiger partial charge is 0.265 e. The fourth-order valence-electron chi connectivity index (χ4n) is 0.377. The summed E-state index contributed by atoms with van der Waals surface area (Å²) >= 11 is 0. The van der Waals surface area contributed by atoms with E-state index in [1.54, 1.807) is 0 Å². The second-order valence-electron chi connectivity index (χ2n) is 2.02. The molecule has 0 saturated heterocycles. The van der Waals surface area contributed by atoms with Crippen LogP contribution in [0.1, 0.15) is 6.92 Å². The third-order valence-corrected chi connectivity index (χ3v) is 3.78. The zero-order valence-corrected chi connectivity index (χ0v) is 7.65. The van der Waals surface area contributed by atoms with Gasteiger partial charge in [0, 0.05) is 5.75 Å². The molecule has 0 aliphatic carbocycles. The van der Waals surface area contributed by atoms with Crippen molar-refractivity contribution in [2.24, 2.45) is 0 Å². The van der Waals surface area contributed by atoms with E-state index in [0.717, 1.165) is 0 Å². The zero-order chi connectivity index (χ0) is 9.12. The molecule has 0 amide bonds. The molecule has 0 saturated carbocycles. The fraction of sp³-hybridized carbons (Fsp3) is 1.00. The van der Waals surface area contributed by atoms with Crippen LogP contribution >= 0.6 is 0 Å². The molecule has 0 aromatic heterocycles. The van der Waals surface area contributed by atoms with Gasteiger partial charge in [-0.1, -0.05) is 6.92 Å². The Hall–Kier alpha value is -0.140. The van der Waals surface area contributed by atoms with Crippen molar-refractivity contribution in [3.63, 3.8) is 0 Å². The summed E-state index contributed by atoms with van der Waals surface area (Å²) in [6.07, 6.45) is 0. The van der Waals surface area contributed by atoms with Crippen molar-refractivity contribution in [2.45, 2.75) is 6.92 Å². The zero-order valence-electron chi connectivity index (χ0n) is 6.02. The summed E-state index contributed by atoms with van der Waals surface area (Å²) in [5, 5.41) is 0. The first-order valence-corrected chi connectivity index (χ1v) is 6.35. The van der Waals surface area contributed by atoms with Crippen LogP contribution < -0.4 is 0 Å². The molecule has 0 bridgehead atoms. The van der Waals surface area contributed by atoms with Crippen LogP contribution in [0.3, 0.4) is 0 Å². The van der Waals surface area contributed by atoms with Gasteiger partial charge in [-0.3, -0.25) is 4.55 Å². The molecule has 0 rings (SSSR count). The lowest BCUT2D eigenvalue weighted by Crippen LogP contribution is -2.17. The van der Waals surface area contributed by atoms with Crippen LogP contribution in [-0.4, -0.2) is 38.6 Å². The monoisotopic (exact) mass is 202 g/mol. The van der Waals surface area contributed by atoms with E-state index in [-0.39, 0.29) is 5.75 Å². The molecule has 0 aliphatic heterocycles. The van der Waals surface area contributed by atoms with Crippen molar-refractivity contribution < 1.29 is 21.4 Å². The van der Waals surface area contributed by atoms with Gasteiger partial charge in [-0.05, 0) is 0 Å². The Morgan fingerprint density at radius 2 is 1.55 bits per heavy atom. The Balaban J connectivity index is 4.13. The van der Waals surface area contributed by atoms with E-state index in [4.69, 9.17) is 4.55 Å². The van der Waals surface area contributed by atoms with Gasteiger partial charge in [-0.2, -0.15) is 8.42 Å². The minimum Gasteiger partial charge on any atom is -0.286 e. The van der Waals surface area contributed by atoms with Crippen LogP contribution in [0.5, 0.6) is 0 Å². The van der Waals surface area contributed by atoms with E-state index in [0.29, 0.717) is 0 Å². The molecule has 1 N–H and O–H groups in total. The van der Waals surface area contributed by atoms with Gasteiger partial charge in [0.15, 0.2) is 9.84 Å². The molecule has 0 radical (unpaired) electrons. The van der Waals surface area contributed by atoms with Crippen molar-refractivity contribution in [3.8, 4) is 0 Å². The molecule has 5 nitrogen and oxygen atoms in total. The molecule has 0 aliphatic rings. The van der Waals surface area contributed by atoms with Crippen LogP contribution in [0, 0.1) is 0 Å². The molecule has 7 heteroatoms. The lowest BCUT2D eigenvalue weighted by atomic mass is 10.9. The van der Waals surface area contributed by atoms with Crippen LogP contribution in [0.25, 0.3) is 0 Å². The van der Waals surface area contributed by atoms with Crippen molar-refractivity contribution >= 4 is 20.0 Å². The average Bonchev–Trinajstić information content (AvgIpc) is 1.83. The van der Waals surface area contributed by atoms with Gasteiger partial charge in [0.1, 0.15) is 0 Å². The largest absolute Gasteiger partial charge is 0.286 e. The number of sulfone groups is 1. The lowest BCUT2D eigenvalue weighted by Gasteiger charge is -1.97. The first-order chi connectivity index (χ1) is 4.77. The summed E-state index contributed by atoms with van der Waals surface area (Å²) in [6.45, 7) is 1.42. The van der Waals surface area contributed by atoms with E-state index in [9.17, 15) is 16.8 Å². The number of rotatable bonds is 4. The first kappa shape index (κ1) is 10.9. The highest BCUT2D eigenvalue weighted by Gasteiger charge is 2.12. The molecule has 0 aromatic carbocycles. The number of hydrogen-bond donors (Lipinski definition) is 1. The van der Waals surface area contributed by atoms with Crippen molar-refractivity contribution in [1.29, 1.82) is 0 Å². The minimum atomic E-state index is -4.15. The Morgan fingerprint density at radius 3 is 1.82 bits per heavy atom. The summed E-state index contributed by atoms with van der Waals surface area (Å²) in [7, 11) is -7.44. The van der Waals surface area contributed by atoms with Gasteiger partial charge in [0.05, 0.1) is 11.5 Å². The normalized spacial score (nSPS) is 13.3. The van der Waals surface area contributed by atoms with E-state index in [2.05, 4.69) is 0 Å². The van der Waals surface area contributed by atoms with Gasteiger partial charge in [0.25, 0.3) is 10.1 Å². The summed E-state index contributed by atoms with van der Waals surface area (Å²) < 4.78 is 49.7. The minimum absolute atomic E-state index is 0.109. The molecule has 0 aromatic rings. The second kappa shape index (κ2) is 3.51. The maximum atomic E-state index is 10.7. The predicted molar refractivity (Wildman–Crippen MR) is 40.7 cm³/mol. The van der Waals surface area contributed by atoms with Crippen molar-refractivity contribution in [3.05, 3.63) is 0 Å². The fourth-order valence-corrected chi connectivity index (χ4v) is 2.52. The molecule has 0 heterocycles. The van der Waals surface area contributed by atoms with Crippen LogP contribution in [0.4, 0.5) is 0 Å². The molecular formula is C4H10O5S2. The summed E-state index contributed by atoms with van der Waals surface area (Å²) in [5.74, 6) is -1.34. The Bertz CT molecular complexity index is 297. The standard InChI is InChI=1S/C4H10O5S2/c1-2-10(5,6)3-4-11(7,8)9/h2-4H2,1H3,(H,7,8,9). The van der Waals surface area contributed by atoms with Crippen LogP contribution in [0.15, 0.2) is 0 Å². The van der Waals surface area contributed by atoms with Crippen LogP contribution in [0.2, 0.25) is 0 Å². The summed E-state index contributed by atoms with van der Waals surface area (Å²) in [6, 6.07) is 0. The molecule has 0 spiro atoms. The molecule has 0 fully saturated rings.